The molecular formula is C29H24N8O. The maximum atomic E-state index is 12.6. The predicted octanol–water partition coefficient (Wildman–Crippen LogP) is 5.75. The summed E-state index contributed by atoms with van der Waals surface area (Å²) >= 11 is 0. The average molecular weight is 501 g/mol. The van der Waals surface area contributed by atoms with E-state index in [0.717, 1.165) is 64.4 Å². The molecule has 0 aliphatic heterocycles. The lowest BCUT2D eigenvalue weighted by Crippen LogP contribution is -2.20. The largest absolute Gasteiger partial charge is 0.336 e. The minimum Gasteiger partial charge on any atom is -0.336 e. The Morgan fingerprint density at radius 3 is 2.68 bits per heavy atom. The fourth-order valence-electron chi connectivity index (χ4n) is 5.21. The third kappa shape index (κ3) is 3.98. The van der Waals surface area contributed by atoms with Gasteiger partial charge in [0.1, 0.15) is 16.9 Å². The summed E-state index contributed by atoms with van der Waals surface area (Å²) in [7, 11) is 0. The summed E-state index contributed by atoms with van der Waals surface area (Å²) in [5.74, 6) is 0.823. The monoisotopic (exact) mass is 500 g/mol. The van der Waals surface area contributed by atoms with Crippen molar-refractivity contribution < 1.29 is 4.79 Å². The van der Waals surface area contributed by atoms with Gasteiger partial charge in [-0.1, -0.05) is 25.0 Å². The number of hydrogen-bond donors (Lipinski definition) is 3. The predicted molar refractivity (Wildman–Crippen MR) is 146 cm³/mol. The SMILES string of the molecule is O=C(Nc1cncc(-c2ccc3[nH]nc(-c4nc5c(-c6ccccn6)nccc5[nH]4)c3c2)c1)C1CCCC1. The zero-order chi connectivity index (χ0) is 25.5. The highest BCUT2D eigenvalue weighted by Gasteiger charge is 2.23. The van der Waals surface area contributed by atoms with Crippen LogP contribution >= 0.6 is 0 Å². The standard InChI is InChI=1S/C29H24N8O/c38-29(17-5-1-2-6-17)33-20-13-19(15-30-16-20)18-8-9-22-21(14-18)25(37-36-22)28-34-24-10-12-32-26(27(24)35-28)23-7-3-4-11-31-23/h3-4,7-17H,1-2,5-6H2,(H,33,38)(H,34,35)(H,36,37). The summed E-state index contributed by atoms with van der Waals surface area (Å²) in [6.07, 6.45) is 11.2. The number of benzene rings is 1. The number of amides is 1. The molecular weight excluding hydrogens is 476 g/mol. The van der Waals surface area contributed by atoms with Gasteiger partial charge in [-0.2, -0.15) is 5.10 Å². The Balaban J connectivity index is 1.25. The Kier molecular flexibility index (Phi) is 5.39. The minimum absolute atomic E-state index is 0.0819. The van der Waals surface area contributed by atoms with E-state index >= 15 is 0 Å². The maximum Gasteiger partial charge on any atom is 0.227 e. The van der Waals surface area contributed by atoms with Crippen LogP contribution in [0.15, 0.2) is 73.3 Å². The number of carbonyl (C=O) groups excluding carboxylic acids is 1. The summed E-state index contributed by atoms with van der Waals surface area (Å²) < 4.78 is 0. The van der Waals surface area contributed by atoms with Crippen LogP contribution in [0.3, 0.4) is 0 Å². The van der Waals surface area contributed by atoms with Crippen LogP contribution in [-0.2, 0) is 4.79 Å². The molecule has 1 amide bonds. The first-order valence-electron chi connectivity index (χ1n) is 12.7. The molecule has 7 rings (SSSR count). The molecule has 1 saturated carbocycles. The molecule has 1 fully saturated rings. The van der Waals surface area contributed by atoms with Crippen molar-refractivity contribution >= 4 is 33.5 Å². The van der Waals surface area contributed by atoms with Crippen molar-refractivity contribution in [3.63, 3.8) is 0 Å². The smallest absolute Gasteiger partial charge is 0.227 e. The van der Waals surface area contributed by atoms with Crippen LogP contribution in [0.25, 0.3) is 56.0 Å². The van der Waals surface area contributed by atoms with Gasteiger partial charge in [0.2, 0.25) is 5.91 Å². The topological polar surface area (TPSA) is 125 Å². The first kappa shape index (κ1) is 22.3. The van der Waals surface area contributed by atoms with E-state index in [1.807, 2.05) is 42.5 Å². The van der Waals surface area contributed by atoms with Gasteiger partial charge in [-0.25, -0.2) is 4.98 Å². The van der Waals surface area contributed by atoms with E-state index in [0.29, 0.717) is 22.9 Å². The second-order valence-electron chi connectivity index (χ2n) is 9.62. The molecule has 9 heteroatoms. The van der Waals surface area contributed by atoms with Gasteiger partial charge >= 0.3 is 0 Å². The Hall–Kier alpha value is -4.92. The van der Waals surface area contributed by atoms with Crippen LogP contribution in [0, 0.1) is 5.92 Å². The van der Waals surface area contributed by atoms with E-state index in [1.54, 1.807) is 24.8 Å². The quantitative estimate of drug-likeness (QED) is 0.277. The van der Waals surface area contributed by atoms with Crippen LogP contribution in [0.1, 0.15) is 25.7 Å². The fraction of sp³-hybridized carbons (Fsp3) is 0.172. The molecule has 9 nitrogen and oxygen atoms in total. The highest BCUT2D eigenvalue weighted by atomic mass is 16.1. The highest BCUT2D eigenvalue weighted by molar-refractivity contribution is 5.98. The number of H-pyrrole nitrogens is 2. The number of carbonyl (C=O) groups is 1. The molecule has 3 N–H and O–H groups in total. The molecule has 6 aromatic rings. The highest BCUT2D eigenvalue weighted by Crippen LogP contribution is 2.33. The van der Waals surface area contributed by atoms with Gasteiger partial charge in [0, 0.05) is 35.5 Å². The summed E-state index contributed by atoms with van der Waals surface area (Å²) in [4.78, 5) is 34.2. The number of nitrogens with zero attached hydrogens (tertiary/aromatic N) is 5. The number of aromatic nitrogens is 7. The third-order valence-corrected chi connectivity index (χ3v) is 7.16. The number of fused-ring (bicyclic) bond motifs is 2. The molecule has 38 heavy (non-hydrogen) atoms. The summed E-state index contributed by atoms with van der Waals surface area (Å²) in [5, 5.41) is 11.7. The lowest BCUT2D eigenvalue weighted by Gasteiger charge is -2.11. The Morgan fingerprint density at radius 1 is 0.895 bits per heavy atom. The van der Waals surface area contributed by atoms with Gasteiger partial charge in [0.25, 0.3) is 0 Å². The normalized spacial score (nSPS) is 13.9. The van der Waals surface area contributed by atoms with Gasteiger partial charge in [-0.05, 0) is 54.8 Å². The average Bonchev–Trinajstić information content (AvgIpc) is 3.73. The Bertz CT molecular complexity index is 1780. The molecule has 1 aromatic carbocycles. The molecule has 0 unspecified atom stereocenters. The molecule has 186 valence electrons. The van der Waals surface area contributed by atoms with Crippen molar-refractivity contribution in [2.24, 2.45) is 5.92 Å². The Morgan fingerprint density at radius 2 is 1.82 bits per heavy atom. The maximum absolute atomic E-state index is 12.6. The molecule has 0 spiro atoms. The van der Waals surface area contributed by atoms with Crippen LogP contribution in [0.4, 0.5) is 5.69 Å². The lowest BCUT2D eigenvalue weighted by molar-refractivity contribution is -0.119. The molecule has 5 aromatic heterocycles. The van der Waals surface area contributed by atoms with Gasteiger partial charge in [-0.3, -0.25) is 24.8 Å². The summed E-state index contributed by atoms with van der Waals surface area (Å²) in [5.41, 5.74) is 7.27. The second kappa shape index (κ2) is 9.19. The van der Waals surface area contributed by atoms with E-state index in [4.69, 9.17) is 4.98 Å². The minimum atomic E-state index is 0.0819. The molecule has 0 radical (unpaired) electrons. The zero-order valence-corrected chi connectivity index (χ0v) is 20.5. The van der Waals surface area contributed by atoms with E-state index in [9.17, 15) is 4.79 Å². The number of pyridine rings is 3. The van der Waals surface area contributed by atoms with Gasteiger partial charge in [0.05, 0.1) is 28.6 Å². The van der Waals surface area contributed by atoms with Crippen molar-refractivity contribution in [2.45, 2.75) is 25.7 Å². The van der Waals surface area contributed by atoms with Crippen molar-refractivity contribution in [3.8, 4) is 34.0 Å². The zero-order valence-electron chi connectivity index (χ0n) is 20.5. The number of rotatable bonds is 5. The number of nitrogens with one attached hydrogen (secondary N) is 3. The van der Waals surface area contributed by atoms with Crippen LogP contribution in [0.2, 0.25) is 0 Å². The summed E-state index contributed by atoms with van der Waals surface area (Å²) in [6, 6.07) is 15.7. The third-order valence-electron chi connectivity index (χ3n) is 7.16. The van der Waals surface area contributed by atoms with Gasteiger partial charge in [0.15, 0.2) is 5.82 Å². The summed E-state index contributed by atoms with van der Waals surface area (Å²) in [6.45, 7) is 0. The van der Waals surface area contributed by atoms with E-state index in [2.05, 4.69) is 41.5 Å². The van der Waals surface area contributed by atoms with Crippen molar-refractivity contribution in [1.82, 2.24) is 35.1 Å². The van der Waals surface area contributed by atoms with Gasteiger partial charge in [-0.15, -0.1) is 0 Å². The molecule has 0 saturated heterocycles. The lowest BCUT2D eigenvalue weighted by atomic mass is 10.0. The molecule has 0 atom stereocenters. The molecule has 1 aliphatic carbocycles. The van der Waals surface area contributed by atoms with E-state index in [1.165, 1.54) is 0 Å². The Labute approximate surface area is 217 Å². The molecule has 1 aliphatic rings. The second-order valence-corrected chi connectivity index (χ2v) is 9.62. The van der Waals surface area contributed by atoms with Crippen LogP contribution in [-0.4, -0.2) is 41.0 Å². The number of anilines is 1. The number of hydrogen-bond acceptors (Lipinski definition) is 6. The van der Waals surface area contributed by atoms with Crippen molar-refractivity contribution in [1.29, 1.82) is 0 Å². The molecule has 5 heterocycles. The van der Waals surface area contributed by atoms with Crippen LogP contribution < -0.4 is 5.32 Å². The van der Waals surface area contributed by atoms with Crippen LogP contribution in [0.5, 0.6) is 0 Å². The number of imidazole rings is 1. The van der Waals surface area contributed by atoms with Crippen molar-refractivity contribution in [2.75, 3.05) is 5.32 Å². The molecule has 0 bridgehead atoms. The first-order chi connectivity index (χ1) is 18.7. The van der Waals surface area contributed by atoms with E-state index < -0.39 is 0 Å². The first-order valence-corrected chi connectivity index (χ1v) is 12.7. The van der Waals surface area contributed by atoms with Gasteiger partial charge < -0.3 is 10.3 Å². The van der Waals surface area contributed by atoms with Crippen molar-refractivity contribution in [3.05, 3.63) is 73.3 Å². The fourth-order valence-corrected chi connectivity index (χ4v) is 5.21. The van der Waals surface area contributed by atoms with E-state index in [-0.39, 0.29) is 11.8 Å². The number of aromatic amines is 2.